The molecule has 1 aromatic heterocycles. The van der Waals surface area contributed by atoms with Gasteiger partial charge in [0.1, 0.15) is 18.3 Å². The van der Waals surface area contributed by atoms with E-state index in [1.165, 1.54) is 0 Å². The molecule has 13 nitrogen and oxygen atoms in total. The normalized spacial score (nSPS) is 23.3. The van der Waals surface area contributed by atoms with Crippen molar-refractivity contribution in [2.24, 2.45) is 0 Å². The van der Waals surface area contributed by atoms with Crippen molar-refractivity contribution in [1.82, 2.24) is 9.55 Å². The number of aromatic amines is 1. The van der Waals surface area contributed by atoms with Crippen molar-refractivity contribution in [3.8, 4) is 0 Å². The first-order chi connectivity index (χ1) is 13.5. The van der Waals surface area contributed by atoms with Gasteiger partial charge in [-0.3, -0.25) is 28.7 Å². The van der Waals surface area contributed by atoms with E-state index in [-0.39, 0.29) is 0 Å². The van der Waals surface area contributed by atoms with Gasteiger partial charge in [0.25, 0.3) is 5.56 Å². The lowest BCUT2D eigenvalue weighted by Crippen LogP contribution is -2.43. The molecule has 1 fully saturated rings. The number of nitrogens with zero attached hydrogens (tertiary/aromatic N) is 1. The Morgan fingerprint density at radius 2 is 1.66 bits per heavy atom. The van der Waals surface area contributed by atoms with Gasteiger partial charge in [-0.15, -0.1) is 0 Å². The molecule has 1 aliphatic heterocycles. The fourth-order valence-corrected chi connectivity index (χ4v) is 2.74. The Hall–Kier alpha value is -3.48. The van der Waals surface area contributed by atoms with Gasteiger partial charge in [-0.2, -0.15) is 0 Å². The molecule has 29 heavy (non-hydrogen) atoms. The first kappa shape index (κ1) is 21.8. The minimum atomic E-state index is -1.62. The van der Waals surface area contributed by atoms with E-state index in [1.807, 2.05) is 4.98 Å². The first-order valence-corrected chi connectivity index (χ1v) is 8.23. The van der Waals surface area contributed by atoms with Crippen LogP contribution in [-0.2, 0) is 33.3 Å². The number of ether oxygens (including phenoxy) is 4. The van der Waals surface area contributed by atoms with Gasteiger partial charge in [-0.1, -0.05) is 0 Å². The van der Waals surface area contributed by atoms with Crippen LogP contribution in [-0.4, -0.2) is 63.5 Å². The van der Waals surface area contributed by atoms with Gasteiger partial charge in [-0.25, -0.2) is 9.59 Å². The molecule has 0 aliphatic carbocycles. The largest absolute Gasteiger partial charge is 0.477 e. The number of hydrogen-bond donors (Lipinski definition) is 2. The van der Waals surface area contributed by atoms with Crippen LogP contribution < -0.4 is 11.2 Å². The molecule has 0 amide bonds. The van der Waals surface area contributed by atoms with E-state index in [4.69, 9.17) is 24.1 Å². The highest BCUT2D eigenvalue weighted by Gasteiger charge is 2.51. The van der Waals surface area contributed by atoms with E-state index in [0.29, 0.717) is 10.8 Å². The van der Waals surface area contributed by atoms with Crippen LogP contribution in [0.25, 0.3) is 0 Å². The highest BCUT2D eigenvalue weighted by atomic mass is 16.7. The van der Waals surface area contributed by atoms with E-state index >= 15 is 0 Å². The van der Waals surface area contributed by atoms with Crippen LogP contribution in [0.15, 0.2) is 15.8 Å². The molecular formula is C16H18N2O11. The van der Waals surface area contributed by atoms with Gasteiger partial charge in [-0.05, 0) is 0 Å². The zero-order chi connectivity index (χ0) is 21.9. The van der Waals surface area contributed by atoms with E-state index in [2.05, 4.69) is 0 Å². The van der Waals surface area contributed by atoms with Gasteiger partial charge < -0.3 is 24.1 Å². The van der Waals surface area contributed by atoms with Crippen LogP contribution in [0.3, 0.4) is 0 Å². The van der Waals surface area contributed by atoms with Crippen molar-refractivity contribution >= 4 is 23.9 Å². The maximum Gasteiger partial charge on any atom is 0.342 e. The number of H-pyrrole nitrogens is 1. The van der Waals surface area contributed by atoms with E-state index in [1.54, 1.807) is 0 Å². The number of rotatable bonds is 6. The van der Waals surface area contributed by atoms with Gasteiger partial charge in [0.05, 0.1) is 0 Å². The number of hydrogen-bond acceptors (Lipinski definition) is 10. The molecule has 0 saturated carbocycles. The highest BCUT2D eigenvalue weighted by molar-refractivity contribution is 5.86. The molecule has 2 heterocycles. The molecular weight excluding hydrogens is 396 g/mol. The predicted molar refractivity (Wildman–Crippen MR) is 89.9 cm³/mol. The first-order valence-electron chi connectivity index (χ1n) is 8.23. The predicted octanol–water partition coefficient (Wildman–Crippen LogP) is -1.44. The maximum atomic E-state index is 12.2. The molecule has 0 spiro atoms. The number of aromatic nitrogens is 2. The van der Waals surface area contributed by atoms with Crippen molar-refractivity contribution in [1.29, 1.82) is 0 Å². The van der Waals surface area contributed by atoms with E-state index < -0.39 is 71.8 Å². The average Bonchev–Trinajstić information content (AvgIpc) is 2.89. The highest BCUT2D eigenvalue weighted by Crippen LogP contribution is 2.33. The van der Waals surface area contributed by atoms with Crippen LogP contribution in [0.5, 0.6) is 0 Å². The summed E-state index contributed by atoms with van der Waals surface area (Å²) in [7, 11) is 0. The van der Waals surface area contributed by atoms with Gasteiger partial charge >= 0.3 is 29.6 Å². The second kappa shape index (κ2) is 8.68. The van der Waals surface area contributed by atoms with Crippen molar-refractivity contribution in [3.63, 3.8) is 0 Å². The molecule has 2 rings (SSSR count). The number of carbonyl (C=O) groups excluding carboxylic acids is 3. The van der Waals surface area contributed by atoms with Crippen molar-refractivity contribution in [3.05, 3.63) is 32.6 Å². The summed E-state index contributed by atoms with van der Waals surface area (Å²) in [6.07, 6.45) is -4.60. The molecule has 1 unspecified atom stereocenters. The fourth-order valence-electron chi connectivity index (χ4n) is 2.74. The summed E-state index contributed by atoms with van der Waals surface area (Å²) in [5.74, 6) is -3.87. The second-order valence-corrected chi connectivity index (χ2v) is 6.03. The SMILES string of the molecule is CC(=O)OC[C@H]1O[C@@H](n2cc(C(=O)O)c(=O)[nH]c2=O)C(OC(C)=O)[C@H]1OC(C)=O. The number of carboxylic acids is 1. The third-order valence-corrected chi connectivity index (χ3v) is 3.81. The zero-order valence-electron chi connectivity index (χ0n) is 15.6. The summed E-state index contributed by atoms with van der Waals surface area (Å²) in [4.78, 5) is 71.1. The summed E-state index contributed by atoms with van der Waals surface area (Å²) >= 11 is 0. The number of esters is 3. The van der Waals surface area contributed by atoms with Gasteiger partial charge in [0.2, 0.25) is 0 Å². The van der Waals surface area contributed by atoms with Crippen LogP contribution >= 0.6 is 0 Å². The summed E-state index contributed by atoms with van der Waals surface area (Å²) in [5.41, 5.74) is -2.98. The van der Waals surface area contributed by atoms with Crippen LogP contribution in [0, 0.1) is 0 Å². The van der Waals surface area contributed by atoms with Crippen LogP contribution in [0.2, 0.25) is 0 Å². The molecule has 2 N–H and O–H groups in total. The Morgan fingerprint density at radius 1 is 1.07 bits per heavy atom. The summed E-state index contributed by atoms with van der Waals surface area (Å²) < 4.78 is 21.4. The third kappa shape index (κ3) is 5.07. The number of aromatic carboxylic acids is 1. The Bertz CT molecular complexity index is 947. The van der Waals surface area contributed by atoms with Crippen molar-refractivity contribution in [2.45, 2.75) is 45.3 Å². The number of carboxylic acid groups (broad SMARTS) is 1. The van der Waals surface area contributed by atoms with Gasteiger partial charge in [0.15, 0.2) is 18.4 Å². The topological polar surface area (TPSA) is 180 Å². The van der Waals surface area contributed by atoms with Gasteiger partial charge in [0, 0.05) is 27.0 Å². The lowest BCUT2D eigenvalue weighted by molar-refractivity contribution is -0.166. The lowest BCUT2D eigenvalue weighted by atomic mass is 10.1. The Kier molecular flexibility index (Phi) is 6.53. The molecule has 1 saturated heterocycles. The van der Waals surface area contributed by atoms with Crippen LogP contribution in [0.4, 0.5) is 0 Å². The van der Waals surface area contributed by atoms with Crippen LogP contribution in [0.1, 0.15) is 37.4 Å². The smallest absolute Gasteiger partial charge is 0.342 e. The molecule has 0 bridgehead atoms. The third-order valence-electron chi connectivity index (χ3n) is 3.81. The van der Waals surface area contributed by atoms with E-state index in [9.17, 15) is 28.8 Å². The summed E-state index contributed by atoms with van der Waals surface area (Å²) in [6, 6.07) is 0. The summed E-state index contributed by atoms with van der Waals surface area (Å²) in [5, 5.41) is 9.11. The minimum Gasteiger partial charge on any atom is -0.477 e. The quantitative estimate of drug-likeness (QED) is 0.411. The molecule has 0 radical (unpaired) electrons. The number of nitrogens with one attached hydrogen (secondary N) is 1. The molecule has 158 valence electrons. The maximum absolute atomic E-state index is 12.2. The molecule has 1 aliphatic rings. The Balaban J connectivity index is 2.54. The number of carbonyl (C=O) groups is 4. The standard InChI is InChI=1S/C16H18N2O11/c1-6(19)26-5-10-11(27-7(2)20)12(28-8(3)21)14(29-10)18-4-9(15(23)24)13(22)17-16(18)25/h4,10-12,14H,5H2,1-3H3,(H,23,24)(H,17,22,25)/t10-,11+,12?,14-/m1/s1. The monoisotopic (exact) mass is 414 g/mol. The fraction of sp³-hybridized carbons (Fsp3) is 0.500. The summed E-state index contributed by atoms with van der Waals surface area (Å²) in [6.45, 7) is 2.85. The lowest BCUT2D eigenvalue weighted by Gasteiger charge is -2.23. The van der Waals surface area contributed by atoms with E-state index in [0.717, 1.165) is 20.8 Å². The Labute approximate surface area is 162 Å². The minimum absolute atomic E-state index is 0.411. The average molecular weight is 414 g/mol. The second-order valence-electron chi connectivity index (χ2n) is 6.03. The molecule has 0 aromatic carbocycles. The van der Waals surface area contributed by atoms with Crippen molar-refractivity contribution < 1.29 is 43.2 Å². The zero-order valence-corrected chi connectivity index (χ0v) is 15.6. The Morgan fingerprint density at radius 3 is 2.17 bits per heavy atom. The molecule has 13 heteroatoms. The molecule has 4 atom stereocenters. The molecule has 1 aromatic rings. The van der Waals surface area contributed by atoms with Crippen molar-refractivity contribution in [2.75, 3.05) is 6.61 Å².